The third-order valence-corrected chi connectivity index (χ3v) is 26.4. The van der Waals surface area contributed by atoms with Gasteiger partial charge in [-0.25, -0.2) is 0 Å². The highest BCUT2D eigenvalue weighted by Gasteiger charge is 2.47. The maximum Gasteiger partial charge on any atom is 0.250 e. The maximum atomic E-state index is 8.44. The van der Waals surface area contributed by atoms with E-state index in [0.717, 1.165) is 182 Å². The Hall–Kier alpha value is -4.52. The van der Waals surface area contributed by atoms with Crippen molar-refractivity contribution in [2.75, 3.05) is 59.5 Å². The van der Waals surface area contributed by atoms with Crippen molar-refractivity contribution in [3.05, 3.63) is 36.4 Å². The van der Waals surface area contributed by atoms with Crippen LogP contribution in [0.15, 0.2) is 51.1 Å². The first-order chi connectivity index (χ1) is 60.2. The fourth-order valence-electron chi connectivity index (χ4n) is 16.2. The number of carbonyl (C=O) groups is 1. The van der Waals surface area contributed by atoms with Crippen molar-refractivity contribution in [1.29, 1.82) is 0 Å². The largest absolute Gasteiger partial charge is 0.565 e. The fourth-order valence-corrected chi connectivity index (χ4v) is 18.8. The van der Waals surface area contributed by atoms with E-state index in [-0.39, 0.29) is 0 Å². The zero-order valence-corrected chi connectivity index (χ0v) is 82.4. The number of ether oxygens (including phenoxy) is 9. The molecule has 13 heteroatoms. The van der Waals surface area contributed by atoms with Crippen molar-refractivity contribution in [2.45, 2.75) is 539 Å². The topological polar surface area (TPSA) is 143 Å². The van der Waals surface area contributed by atoms with Gasteiger partial charge in [0.05, 0.1) is 59.5 Å². The van der Waals surface area contributed by atoms with Crippen molar-refractivity contribution in [3.63, 3.8) is 0 Å². The predicted molar refractivity (Wildman–Crippen MR) is 522 cm³/mol. The summed E-state index contributed by atoms with van der Waals surface area (Å²) in [5.74, 6) is 7.17. The molecule has 0 radical (unpaired) electrons. The summed E-state index contributed by atoms with van der Waals surface area (Å²) in [4.78, 5) is 11.4. The van der Waals surface area contributed by atoms with Crippen LogP contribution in [0.4, 0.5) is 4.79 Å². The molecule has 3 aromatic rings. The number of hydrogen-bond donors (Lipinski definition) is 1. The van der Waals surface area contributed by atoms with Crippen LogP contribution in [0, 0.1) is 0 Å². The van der Waals surface area contributed by atoms with Crippen molar-refractivity contribution < 1.29 is 57.6 Å². The molecule has 0 atom stereocenters. The zero-order chi connectivity index (χ0) is 88.0. The molecule has 0 fully saturated rings. The van der Waals surface area contributed by atoms with Crippen molar-refractivity contribution in [2.24, 2.45) is 0 Å². The van der Waals surface area contributed by atoms with Gasteiger partial charge in [0.1, 0.15) is 28.1 Å². The first-order valence-corrected chi connectivity index (χ1v) is 54.2. The van der Waals surface area contributed by atoms with E-state index in [1.165, 1.54) is 347 Å². The van der Waals surface area contributed by atoms with Crippen LogP contribution in [-0.2, 0) is 10.9 Å². The first-order valence-electron chi connectivity index (χ1n) is 53.0. The normalized spacial score (nSPS) is 11.4. The molecule has 710 valence electrons. The molecule has 3 rings (SSSR count). The molecule has 1 N–H and O–H groups in total. The summed E-state index contributed by atoms with van der Waals surface area (Å²) in [6, 6.07) is 13.5. The summed E-state index contributed by atoms with van der Waals surface area (Å²) in [6.45, 7) is 26.2. The van der Waals surface area contributed by atoms with E-state index in [4.69, 9.17) is 57.6 Å². The smallest absolute Gasteiger partial charge is 0.250 e. The van der Waals surface area contributed by atoms with Gasteiger partial charge in [-0.05, 0) is 57.8 Å². The molecule has 0 aliphatic rings. The van der Waals surface area contributed by atoms with Gasteiger partial charge in [0.15, 0.2) is 34.5 Å². The monoisotopic (exact) mass is 1730 g/mol. The van der Waals surface area contributed by atoms with Gasteiger partial charge in [-0.1, -0.05) is 467 Å². The van der Waals surface area contributed by atoms with Gasteiger partial charge in [0, 0.05) is 36.4 Å². The van der Waals surface area contributed by atoms with E-state index in [9.17, 15) is 0 Å². The highest BCUT2D eigenvalue weighted by Crippen LogP contribution is 2.56. The second-order valence-electron chi connectivity index (χ2n) is 35.7. The molecule has 122 heavy (non-hydrogen) atoms. The van der Waals surface area contributed by atoms with E-state index in [1.54, 1.807) is 0 Å². The Balaban J connectivity index is 0.0000123. The van der Waals surface area contributed by atoms with Gasteiger partial charge in [-0.2, -0.15) is 0 Å². The Morgan fingerprint density at radius 3 is 0.410 bits per heavy atom. The molecule has 0 aliphatic heterocycles. The molecular formula is C109H196O12S. The van der Waals surface area contributed by atoms with Crippen LogP contribution in [0.25, 0.3) is 0 Å². The van der Waals surface area contributed by atoms with E-state index in [0.29, 0.717) is 59.5 Å². The van der Waals surface area contributed by atoms with Crippen LogP contribution in [0.1, 0.15) is 525 Å². The Morgan fingerprint density at radius 1 is 0.197 bits per heavy atom. The molecule has 0 bridgehead atoms. The average molecular weight is 1730 g/mol. The highest BCUT2D eigenvalue weighted by atomic mass is 32.2. The Labute approximate surface area is 757 Å². The van der Waals surface area contributed by atoms with Crippen LogP contribution >= 0.6 is 0 Å². The van der Waals surface area contributed by atoms with Crippen LogP contribution in [0.3, 0.4) is 0 Å². The van der Waals surface area contributed by atoms with Gasteiger partial charge in [-0.15, -0.1) is 0 Å². The lowest BCUT2D eigenvalue weighted by atomic mass is 10.1. The third-order valence-electron chi connectivity index (χ3n) is 23.9. The highest BCUT2D eigenvalue weighted by molar-refractivity contribution is 7.97. The standard InChI is InChI=1S/C108H195O9S.CH2O3/c1-10-19-28-37-46-55-64-73-82-109-97-91-100(112-85-76-67-58-49-40-31-22-13-4)106(101(92-97)113-86-77-68-59-50-41-32-23-14-5)118(107-102(114-87-78-69-60-51-42-33-24-15-6)93-98(110-83-74-65-56-47-38-29-20-11-2)94-103(107)115-88-79-70-61-52-43-34-25-16-7)108-104(116-89-80-71-62-53-44-35-26-17-8)95-99(111-84-75-66-57-48-39-30-21-12-3)96-105(108)117-90-81-72-63-54-45-36-27-18-9;2-1(3)4/h91-96H,10-90H2,1-9H3;(H2,2,3,4)/q+1;/p-1. The minimum atomic E-state index is -2.08. The van der Waals surface area contributed by atoms with Crippen LogP contribution in [0.5, 0.6) is 51.7 Å². The average Bonchev–Trinajstić information content (AvgIpc) is 0.740. The molecular weight excluding hydrogens is 1530 g/mol. The minimum absolute atomic E-state index is 0.572. The molecule has 3 aromatic carbocycles. The number of rotatable bonds is 93. The lowest BCUT2D eigenvalue weighted by Gasteiger charge is -2.24. The molecule has 0 aliphatic carbocycles. The molecule has 12 nitrogen and oxygen atoms in total. The molecule has 0 aromatic heterocycles. The van der Waals surface area contributed by atoms with Crippen molar-refractivity contribution in [1.82, 2.24) is 0 Å². The number of unbranched alkanes of at least 4 members (excludes halogenated alkanes) is 63. The lowest BCUT2D eigenvalue weighted by molar-refractivity contribution is -0.275. The number of hydrogen-bond acceptors (Lipinski definition) is 11. The minimum Gasteiger partial charge on any atom is -0.565 e. The SMILES string of the molecule is CCCCCCCCCCOc1cc(OCCCCCCCCCC)c([S+](c2c(OCCCCCCCCCC)cc(OCCCCCCCCCC)cc2OCCCCCCCCCC)c2c(OCCCCCCCCCC)cc(OCCCCCCCCCC)cc2OCCCCCCCCCC)c(OCCCCCCCCCC)c1.O=C([O-])O. The van der Waals surface area contributed by atoms with Gasteiger partial charge < -0.3 is 57.6 Å². The Kier molecular flexibility index (Phi) is 81.1. The molecule has 0 unspecified atom stereocenters. The summed E-state index contributed by atoms with van der Waals surface area (Å²) in [7, 11) is -1.15. The van der Waals surface area contributed by atoms with Gasteiger partial charge in [0.2, 0.25) is 6.16 Å². The quantitative estimate of drug-likeness (QED) is 0.0424. The number of benzene rings is 3. The summed E-state index contributed by atoms with van der Waals surface area (Å²) in [6.07, 6.45) is 86.1. The van der Waals surface area contributed by atoms with Gasteiger partial charge in [0.25, 0.3) is 14.7 Å². The lowest BCUT2D eigenvalue weighted by Crippen LogP contribution is -2.18. The summed E-state index contributed by atoms with van der Waals surface area (Å²) < 4.78 is 67.4. The van der Waals surface area contributed by atoms with E-state index >= 15 is 0 Å². The number of carboxylic acid groups (broad SMARTS) is 2. The van der Waals surface area contributed by atoms with E-state index in [2.05, 4.69) is 98.7 Å². The first kappa shape index (κ1) is 114. The van der Waals surface area contributed by atoms with E-state index < -0.39 is 17.1 Å². The van der Waals surface area contributed by atoms with Crippen LogP contribution in [0.2, 0.25) is 0 Å². The second kappa shape index (κ2) is 87.2. The van der Waals surface area contributed by atoms with Gasteiger partial charge >= 0.3 is 0 Å². The fraction of sp³-hybridized carbons (Fsp3) is 0.826. The van der Waals surface area contributed by atoms with Crippen LogP contribution in [-0.4, -0.2) is 70.7 Å². The predicted octanol–water partition coefficient (Wildman–Crippen LogP) is 35.3. The molecule has 0 saturated carbocycles. The summed E-state index contributed by atoms with van der Waals surface area (Å²) in [5.41, 5.74) is 0. The summed E-state index contributed by atoms with van der Waals surface area (Å²) in [5, 5.41) is 15.3. The molecule has 0 amide bonds. The zero-order valence-electron chi connectivity index (χ0n) is 81.6. The third kappa shape index (κ3) is 63.4. The molecule has 0 heterocycles. The van der Waals surface area contributed by atoms with Crippen LogP contribution < -0.4 is 47.7 Å². The Morgan fingerprint density at radius 2 is 0.295 bits per heavy atom. The van der Waals surface area contributed by atoms with Crippen molar-refractivity contribution in [3.8, 4) is 51.7 Å². The van der Waals surface area contributed by atoms with Gasteiger partial charge in [-0.3, -0.25) is 0 Å². The summed E-state index contributed by atoms with van der Waals surface area (Å²) >= 11 is 0. The van der Waals surface area contributed by atoms with E-state index in [1.807, 2.05) is 0 Å². The van der Waals surface area contributed by atoms with Crippen molar-refractivity contribution >= 4 is 17.1 Å². The Bertz CT molecular complexity index is 2330. The molecule has 0 spiro atoms. The molecule has 0 saturated heterocycles. The maximum absolute atomic E-state index is 8.44. The second-order valence-corrected chi connectivity index (χ2v) is 37.6.